The van der Waals surface area contributed by atoms with E-state index in [-0.39, 0.29) is 17.3 Å². The number of carbonyl (C=O) groups excluding carboxylic acids is 1. The average molecular weight is 300 g/mol. The number of hydrogen-bond acceptors (Lipinski definition) is 2. The summed E-state index contributed by atoms with van der Waals surface area (Å²) in [5.41, 5.74) is 1.40. The van der Waals surface area contributed by atoms with E-state index in [0.717, 1.165) is 12.0 Å². The number of carbonyl (C=O) groups is 1. The van der Waals surface area contributed by atoms with E-state index < -0.39 is 0 Å². The van der Waals surface area contributed by atoms with Gasteiger partial charge in [-0.25, -0.2) is 0 Å². The van der Waals surface area contributed by atoms with Crippen molar-refractivity contribution in [3.05, 3.63) is 42.0 Å². The Morgan fingerprint density at radius 2 is 1.91 bits per heavy atom. The fourth-order valence-electron chi connectivity index (χ4n) is 3.41. The van der Waals surface area contributed by atoms with Crippen molar-refractivity contribution in [2.45, 2.75) is 52.4 Å². The third-order valence-corrected chi connectivity index (χ3v) is 4.68. The van der Waals surface area contributed by atoms with Crippen LogP contribution in [0.25, 0.3) is 6.08 Å². The fourth-order valence-corrected chi connectivity index (χ4v) is 3.41. The Labute approximate surface area is 134 Å². The minimum Gasteiger partial charge on any atom is -0.466 e. The zero-order chi connectivity index (χ0) is 15.8. The molecule has 0 heterocycles. The highest BCUT2D eigenvalue weighted by Crippen LogP contribution is 2.41. The van der Waals surface area contributed by atoms with Gasteiger partial charge >= 0.3 is 5.97 Å². The zero-order valence-corrected chi connectivity index (χ0v) is 13.9. The molecule has 0 aliphatic heterocycles. The van der Waals surface area contributed by atoms with Gasteiger partial charge in [0.05, 0.1) is 12.5 Å². The number of esters is 1. The van der Waals surface area contributed by atoms with Gasteiger partial charge in [-0.3, -0.25) is 4.79 Å². The maximum Gasteiger partial charge on any atom is 0.312 e. The third-order valence-electron chi connectivity index (χ3n) is 4.68. The van der Waals surface area contributed by atoms with Gasteiger partial charge < -0.3 is 4.74 Å². The number of rotatable bonds is 6. The molecule has 0 aromatic heterocycles. The summed E-state index contributed by atoms with van der Waals surface area (Å²) in [5, 5.41) is 0. The van der Waals surface area contributed by atoms with Crippen LogP contribution in [0.15, 0.2) is 36.4 Å². The Hall–Kier alpha value is -1.57. The smallest absolute Gasteiger partial charge is 0.312 e. The van der Waals surface area contributed by atoms with Gasteiger partial charge in [0.1, 0.15) is 0 Å². The quantitative estimate of drug-likeness (QED) is 0.672. The van der Waals surface area contributed by atoms with Crippen LogP contribution >= 0.6 is 0 Å². The molecule has 0 spiro atoms. The Bertz CT molecular complexity index is 484. The predicted octanol–water partition coefficient (Wildman–Crippen LogP) is 5.24. The normalized spacial score (nSPS) is 19.0. The first kappa shape index (κ1) is 16.8. The van der Waals surface area contributed by atoms with Crippen LogP contribution in [0.2, 0.25) is 0 Å². The topological polar surface area (TPSA) is 26.3 Å². The SMILES string of the molecule is CCOC(=O)C(/C=C/c1ccccc1)CC1(C)CCCCC1. The van der Waals surface area contributed by atoms with Crippen molar-refractivity contribution in [2.75, 3.05) is 6.61 Å². The first-order chi connectivity index (χ1) is 10.6. The highest BCUT2D eigenvalue weighted by Gasteiger charge is 2.32. The molecule has 1 unspecified atom stereocenters. The molecule has 0 saturated heterocycles. The maximum absolute atomic E-state index is 12.3. The van der Waals surface area contributed by atoms with Gasteiger partial charge in [-0.15, -0.1) is 0 Å². The lowest BCUT2D eigenvalue weighted by molar-refractivity contribution is -0.147. The molecule has 1 aromatic rings. The molecule has 0 bridgehead atoms. The molecular weight excluding hydrogens is 272 g/mol. The van der Waals surface area contributed by atoms with E-state index in [0.29, 0.717) is 6.61 Å². The van der Waals surface area contributed by atoms with E-state index in [1.54, 1.807) is 0 Å². The average Bonchev–Trinajstić information content (AvgIpc) is 2.53. The molecular formula is C20H28O2. The lowest BCUT2D eigenvalue weighted by Crippen LogP contribution is -2.27. The van der Waals surface area contributed by atoms with Gasteiger partial charge in [0.2, 0.25) is 0 Å². The van der Waals surface area contributed by atoms with E-state index in [1.807, 2.05) is 37.3 Å². The highest BCUT2D eigenvalue weighted by molar-refractivity contribution is 5.76. The summed E-state index contributed by atoms with van der Waals surface area (Å²) in [6.45, 7) is 4.65. The fraction of sp³-hybridized carbons (Fsp3) is 0.550. The molecule has 0 radical (unpaired) electrons. The largest absolute Gasteiger partial charge is 0.466 e. The molecule has 0 N–H and O–H groups in total. The Morgan fingerprint density at radius 1 is 1.23 bits per heavy atom. The van der Waals surface area contributed by atoms with Crippen LogP contribution in [0.4, 0.5) is 0 Å². The molecule has 1 aliphatic carbocycles. The second-order valence-electron chi connectivity index (χ2n) is 6.70. The van der Waals surface area contributed by atoms with Crippen molar-refractivity contribution in [3.8, 4) is 0 Å². The molecule has 1 aromatic carbocycles. The summed E-state index contributed by atoms with van der Waals surface area (Å²) in [4.78, 5) is 12.3. The summed E-state index contributed by atoms with van der Waals surface area (Å²) >= 11 is 0. The van der Waals surface area contributed by atoms with Crippen LogP contribution < -0.4 is 0 Å². The zero-order valence-electron chi connectivity index (χ0n) is 13.9. The molecule has 2 rings (SSSR count). The van der Waals surface area contributed by atoms with Crippen LogP contribution in [0.5, 0.6) is 0 Å². The van der Waals surface area contributed by atoms with Crippen molar-refractivity contribution < 1.29 is 9.53 Å². The summed E-state index contributed by atoms with van der Waals surface area (Å²) in [5.74, 6) is -0.218. The molecule has 22 heavy (non-hydrogen) atoms. The maximum atomic E-state index is 12.3. The molecule has 1 aliphatic rings. The first-order valence-electron chi connectivity index (χ1n) is 8.53. The van der Waals surface area contributed by atoms with Crippen LogP contribution in [0, 0.1) is 11.3 Å². The summed E-state index contributed by atoms with van der Waals surface area (Å²) in [7, 11) is 0. The predicted molar refractivity (Wildman–Crippen MR) is 91.4 cm³/mol. The van der Waals surface area contributed by atoms with Gasteiger partial charge in [-0.05, 0) is 37.2 Å². The van der Waals surface area contributed by atoms with Crippen molar-refractivity contribution in [2.24, 2.45) is 11.3 Å². The molecule has 2 nitrogen and oxygen atoms in total. The molecule has 1 saturated carbocycles. The van der Waals surface area contributed by atoms with E-state index in [1.165, 1.54) is 32.1 Å². The summed E-state index contributed by atoms with van der Waals surface area (Å²) in [6, 6.07) is 10.1. The third kappa shape index (κ3) is 5.01. The monoisotopic (exact) mass is 300 g/mol. The molecule has 120 valence electrons. The molecule has 1 fully saturated rings. The lowest BCUT2D eigenvalue weighted by Gasteiger charge is -2.35. The molecule has 0 amide bonds. The van der Waals surface area contributed by atoms with Crippen molar-refractivity contribution >= 4 is 12.0 Å². The number of hydrogen-bond donors (Lipinski definition) is 0. The number of benzene rings is 1. The van der Waals surface area contributed by atoms with E-state index in [2.05, 4.69) is 19.1 Å². The van der Waals surface area contributed by atoms with E-state index >= 15 is 0 Å². The van der Waals surface area contributed by atoms with Crippen LogP contribution in [-0.4, -0.2) is 12.6 Å². The highest BCUT2D eigenvalue weighted by atomic mass is 16.5. The van der Waals surface area contributed by atoms with Gasteiger partial charge in [0, 0.05) is 0 Å². The van der Waals surface area contributed by atoms with Crippen LogP contribution in [0.3, 0.4) is 0 Å². The van der Waals surface area contributed by atoms with Gasteiger partial charge in [-0.1, -0.05) is 68.7 Å². The van der Waals surface area contributed by atoms with Crippen LogP contribution in [-0.2, 0) is 9.53 Å². The van der Waals surface area contributed by atoms with Crippen LogP contribution in [0.1, 0.15) is 57.9 Å². The Balaban J connectivity index is 2.08. The van der Waals surface area contributed by atoms with Gasteiger partial charge in [0.15, 0.2) is 0 Å². The molecule has 1 atom stereocenters. The lowest BCUT2D eigenvalue weighted by atomic mass is 9.70. The second kappa shape index (κ2) is 8.17. The van der Waals surface area contributed by atoms with E-state index in [9.17, 15) is 4.79 Å². The standard InChI is InChI=1S/C20H28O2/c1-3-22-19(21)18(13-12-17-10-6-4-7-11-17)16-20(2)14-8-5-9-15-20/h4,6-7,10-13,18H,3,5,8-9,14-16H2,1-2H3/b13-12+. The van der Waals surface area contributed by atoms with Gasteiger partial charge in [0.25, 0.3) is 0 Å². The summed E-state index contributed by atoms with van der Waals surface area (Å²) in [6.07, 6.45) is 11.3. The first-order valence-corrected chi connectivity index (χ1v) is 8.53. The minimum absolute atomic E-state index is 0.0820. The Kier molecular flexibility index (Phi) is 6.23. The second-order valence-corrected chi connectivity index (χ2v) is 6.70. The molecule has 2 heteroatoms. The van der Waals surface area contributed by atoms with Crippen molar-refractivity contribution in [3.63, 3.8) is 0 Å². The minimum atomic E-state index is -0.136. The van der Waals surface area contributed by atoms with E-state index in [4.69, 9.17) is 4.74 Å². The summed E-state index contributed by atoms with van der Waals surface area (Å²) < 4.78 is 5.29. The van der Waals surface area contributed by atoms with Gasteiger partial charge in [-0.2, -0.15) is 0 Å². The number of ether oxygens (including phenoxy) is 1. The van der Waals surface area contributed by atoms with Crippen molar-refractivity contribution in [1.29, 1.82) is 0 Å². The Morgan fingerprint density at radius 3 is 2.55 bits per heavy atom. The van der Waals surface area contributed by atoms with Crippen molar-refractivity contribution in [1.82, 2.24) is 0 Å².